The Morgan fingerprint density at radius 2 is 2.00 bits per heavy atom. The monoisotopic (exact) mass is 399 g/mol. The lowest BCUT2D eigenvalue weighted by Crippen LogP contribution is -2.30. The van der Waals surface area contributed by atoms with Crippen LogP contribution in [0.5, 0.6) is 0 Å². The van der Waals surface area contributed by atoms with Gasteiger partial charge in [0.05, 0.1) is 11.2 Å². The largest absolute Gasteiger partial charge is 0.477 e. The van der Waals surface area contributed by atoms with Crippen molar-refractivity contribution in [2.24, 2.45) is 11.7 Å². The molecule has 0 bridgehead atoms. The predicted octanol–water partition coefficient (Wildman–Crippen LogP) is 3.22. The molecule has 2 aliphatic carbocycles. The minimum absolute atomic E-state index is 0.0515. The first-order chi connectivity index (χ1) is 13.9. The lowest BCUT2D eigenvalue weighted by molar-refractivity contribution is 0.0695. The summed E-state index contributed by atoms with van der Waals surface area (Å²) in [6.45, 7) is 3.45. The van der Waals surface area contributed by atoms with Gasteiger partial charge in [0.15, 0.2) is 0 Å². The fourth-order valence-electron chi connectivity index (χ4n) is 4.80. The number of benzene rings is 1. The molecule has 7 heteroatoms. The first kappa shape index (κ1) is 18.6. The Kier molecular flexibility index (Phi) is 4.21. The molecule has 29 heavy (non-hydrogen) atoms. The molecule has 0 spiro atoms. The highest BCUT2D eigenvalue weighted by atomic mass is 19.1. The molecule has 1 aromatic carbocycles. The topological polar surface area (TPSA) is 88.6 Å². The van der Waals surface area contributed by atoms with Crippen LogP contribution in [0.4, 0.5) is 10.1 Å². The number of rotatable bonds is 5. The van der Waals surface area contributed by atoms with Crippen molar-refractivity contribution < 1.29 is 14.3 Å². The highest BCUT2D eigenvalue weighted by molar-refractivity contribution is 5.96. The first-order valence-corrected chi connectivity index (χ1v) is 10.5. The van der Waals surface area contributed by atoms with Gasteiger partial charge in [-0.3, -0.25) is 4.79 Å². The second kappa shape index (κ2) is 6.55. The summed E-state index contributed by atoms with van der Waals surface area (Å²) in [6, 6.07) is 1.50. The van der Waals surface area contributed by atoms with Crippen molar-refractivity contribution in [2.45, 2.75) is 57.0 Å². The molecule has 2 atom stereocenters. The third-order valence-electron chi connectivity index (χ3n) is 6.72. The fraction of sp³-hybridized carbons (Fsp3) is 0.545. The molecule has 1 aromatic heterocycles. The molecule has 1 aliphatic heterocycles. The van der Waals surface area contributed by atoms with E-state index in [4.69, 9.17) is 5.73 Å². The summed E-state index contributed by atoms with van der Waals surface area (Å²) in [5.41, 5.74) is 7.45. The van der Waals surface area contributed by atoms with E-state index in [-0.39, 0.29) is 29.0 Å². The smallest absolute Gasteiger partial charge is 0.341 e. The second-order valence-corrected chi connectivity index (χ2v) is 8.96. The van der Waals surface area contributed by atoms with Crippen LogP contribution in [0.25, 0.3) is 10.9 Å². The highest BCUT2D eigenvalue weighted by Crippen LogP contribution is 2.50. The van der Waals surface area contributed by atoms with Crippen molar-refractivity contribution in [3.8, 4) is 0 Å². The number of fused-ring (bicyclic) bond motifs is 1. The van der Waals surface area contributed by atoms with E-state index in [1.807, 2.05) is 11.5 Å². The molecule has 3 fully saturated rings. The van der Waals surface area contributed by atoms with Gasteiger partial charge in [-0.05, 0) is 56.9 Å². The fourth-order valence-corrected chi connectivity index (χ4v) is 4.80. The summed E-state index contributed by atoms with van der Waals surface area (Å²) >= 11 is 0. The van der Waals surface area contributed by atoms with Crippen LogP contribution in [-0.4, -0.2) is 34.8 Å². The third-order valence-corrected chi connectivity index (χ3v) is 6.72. The maximum absolute atomic E-state index is 15.4. The number of aromatic carboxylic acids is 1. The van der Waals surface area contributed by atoms with E-state index in [2.05, 4.69) is 4.90 Å². The number of anilines is 1. The number of nitrogens with two attached hydrogens (primary N) is 1. The van der Waals surface area contributed by atoms with Crippen molar-refractivity contribution in [2.75, 3.05) is 18.0 Å². The van der Waals surface area contributed by atoms with E-state index in [0.29, 0.717) is 18.2 Å². The zero-order valence-corrected chi connectivity index (χ0v) is 16.5. The number of carbonyl (C=O) groups is 1. The van der Waals surface area contributed by atoms with Crippen molar-refractivity contribution >= 4 is 22.6 Å². The molecular formula is C22H26FN3O3. The maximum atomic E-state index is 15.4. The van der Waals surface area contributed by atoms with Gasteiger partial charge in [0.1, 0.15) is 11.4 Å². The van der Waals surface area contributed by atoms with Crippen molar-refractivity contribution in [3.05, 3.63) is 39.4 Å². The number of carboxylic acids is 1. The molecule has 2 aromatic rings. The highest BCUT2D eigenvalue weighted by Gasteiger charge is 2.38. The molecule has 3 aliphatic rings. The van der Waals surface area contributed by atoms with Gasteiger partial charge in [0.2, 0.25) is 5.43 Å². The summed E-state index contributed by atoms with van der Waals surface area (Å²) in [5.74, 6) is -1.15. The number of halogens is 1. The molecule has 2 saturated carbocycles. The number of aromatic nitrogens is 1. The third kappa shape index (κ3) is 3.03. The van der Waals surface area contributed by atoms with Gasteiger partial charge < -0.3 is 20.3 Å². The maximum Gasteiger partial charge on any atom is 0.341 e. The Labute approximate surface area is 168 Å². The zero-order chi connectivity index (χ0) is 20.4. The zero-order valence-electron chi connectivity index (χ0n) is 16.5. The Hall–Kier alpha value is -2.41. The minimum Gasteiger partial charge on any atom is -0.477 e. The van der Waals surface area contributed by atoms with Gasteiger partial charge in [0, 0.05) is 42.3 Å². The van der Waals surface area contributed by atoms with Crippen molar-refractivity contribution in [1.29, 1.82) is 0 Å². The van der Waals surface area contributed by atoms with Crippen LogP contribution in [0.3, 0.4) is 0 Å². The Balaban J connectivity index is 1.78. The standard InChI is InChI=1S/C22H26FN3O3/c1-11(24)13-6-7-25(9-13)20-17(23)8-15-19(18(20)12-2-3-12)26(14-4-5-14)10-16(21(15)27)22(28)29/h8,10-14H,2-7,9,24H2,1H3,(H,28,29). The van der Waals surface area contributed by atoms with E-state index < -0.39 is 17.2 Å². The molecule has 2 unspecified atom stereocenters. The van der Waals surface area contributed by atoms with Gasteiger partial charge in [-0.15, -0.1) is 0 Å². The van der Waals surface area contributed by atoms with Crippen LogP contribution in [0.2, 0.25) is 0 Å². The van der Waals surface area contributed by atoms with E-state index in [1.54, 1.807) is 0 Å². The molecule has 6 nitrogen and oxygen atoms in total. The summed E-state index contributed by atoms with van der Waals surface area (Å²) < 4.78 is 17.4. The van der Waals surface area contributed by atoms with Crippen LogP contribution < -0.4 is 16.1 Å². The summed E-state index contributed by atoms with van der Waals surface area (Å²) in [6.07, 6.45) is 6.24. The number of pyridine rings is 1. The van der Waals surface area contributed by atoms with Crippen LogP contribution in [0.15, 0.2) is 17.1 Å². The first-order valence-electron chi connectivity index (χ1n) is 10.5. The van der Waals surface area contributed by atoms with E-state index in [0.717, 1.165) is 49.7 Å². The molecule has 3 N–H and O–H groups in total. The van der Waals surface area contributed by atoms with Crippen LogP contribution in [0, 0.1) is 11.7 Å². The molecule has 2 heterocycles. The Morgan fingerprint density at radius 3 is 2.55 bits per heavy atom. The molecular weight excluding hydrogens is 373 g/mol. The second-order valence-electron chi connectivity index (χ2n) is 8.96. The number of hydrogen-bond acceptors (Lipinski definition) is 4. The summed E-state index contributed by atoms with van der Waals surface area (Å²) in [4.78, 5) is 26.6. The van der Waals surface area contributed by atoms with Gasteiger partial charge in [-0.1, -0.05) is 0 Å². The van der Waals surface area contributed by atoms with Crippen molar-refractivity contribution in [3.63, 3.8) is 0 Å². The lowest BCUT2D eigenvalue weighted by atomic mass is 9.99. The van der Waals surface area contributed by atoms with Gasteiger partial charge >= 0.3 is 5.97 Å². The predicted molar refractivity (Wildman–Crippen MR) is 109 cm³/mol. The lowest BCUT2D eigenvalue weighted by Gasteiger charge is -2.26. The van der Waals surface area contributed by atoms with Gasteiger partial charge in [0.25, 0.3) is 0 Å². The minimum atomic E-state index is -1.26. The quantitative estimate of drug-likeness (QED) is 0.806. The SMILES string of the molecule is CC(N)C1CCN(c2c(F)cc3c(=O)c(C(=O)O)cn(C4CC4)c3c2C2CC2)C1. The molecule has 1 saturated heterocycles. The van der Waals surface area contributed by atoms with Crippen LogP contribution in [-0.2, 0) is 0 Å². The van der Waals surface area contributed by atoms with E-state index in [9.17, 15) is 14.7 Å². The average molecular weight is 399 g/mol. The van der Waals surface area contributed by atoms with Crippen molar-refractivity contribution in [1.82, 2.24) is 4.57 Å². The molecule has 0 amide bonds. The summed E-state index contributed by atoms with van der Waals surface area (Å²) in [7, 11) is 0. The van der Waals surface area contributed by atoms with Crippen LogP contribution in [0.1, 0.15) is 66.9 Å². The van der Waals surface area contributed by atoms with Gasteiger partial charge in [-0.25, -0.2) is 9.18 Å². The Bertz CT molecular complexity index is 1070. The average Bonchev–Trinajstić information content (AvgIpc) is 3.59. The van der Waals surface area contributed by atoms with Gasteiger partial charge in [-0.2, -0.15) is 0 Å². The number of hydrogen-bond donors (Lipinski definition) is 2. The molecule has 5 rings (SSSR count). The number of nitrogens with zero attached hydrogens (tertiary/aromatic N) is 2. The summed E-state index contributed by atoms with van der Waals surface area (Å²) in [5, 5.41) is 9.69. The molecule has 154 valence electrons. The van der Waals surface area contributed by atoms with E-state index >= 15 is 4.39 Å². The van der Waals surface area contributed by atoms with Crippen LogP contribution >= 0.6 is 0 Å². The Morgan fingerprint density at radius 1 is 1.28 bits per heavy atom. The number of carboxylic acid groups (broad SMARTS) is 1. The van der Waals surface area contributed by atoms with E-state index in [1.165, 1.54) is 12.3 Å². The normalized spacial score (nSPS) is 23.0. The molecule has 0 radical (unpaired) electrons.